The third-order valence-corrected chi connectivity index (χ3v) is 4.78. The number of amides is 2. The summed E-state index contributed by atoms with van der Waals surface area (Å²) in [7, 11) is 0. The maximum absolute atomic E-state index is 11.8. The van der Waals surface area contributed by atoms with Crippen LogP contribution < -0.4 is 16.2 Å². The molecule has 2 amide bonds. The largest absolute Gasteiger partial charge is 0.383 e. The van der Waals surface area contributed by atoms with Gasteiger partial charge in [0.25, 0.3) is 0 Å². The number of nitrogens with one attached hydrogen (secondary N) is 2. The van der Waals surface area contributed by atoms with E-state index in [-0.39, 0.29) is 18.1 Å². The maximum Gasteiger partial charge on any atom is 0.314 e. The second kappa shape index (κ2) is 8.65. The number of hydrogen-bond acceptors (Lipinski definition) is 4. The first kappa shape index (κ1) is 18.2. The van der Waals surface area contributed by atoms with E-state index in [0.717, 1.165) is 17.7 Å². The number of carbonyl (C=O) groups excluding carboxylic acids is 1. The molecule has 2 aromatic rings. The van der Waals surface area contributed by atoms with E-state index in [1.807, 2.05) is 23.6 Å². The maximum atomic E-state index is 11.8. The molecule has 2 aromatic heterocycles. The van der Waals surface area contributed by atoms with Crippen LogP contribution in [0.25, 0.3) is 0 Å². The minimum Gasteiger partial charge on any atom is -0.383 e. The fraction of sp³-hybridized carbons (Fsp3) is 0.412. The van der Waals surface area contributed by atoms with Crippen molar-refractivity contribution in [2.45, 2.75) is 31.9 Å². The number of unbranched alkanes of at least 4 members (excludes halogenated alkanes) is 1. The smallest absolute Gasteiger partial charge is 0.314 e. The van der Waals surface area contributed by atoms with Crippen molar-refractivity contribution in [3.8, 4) is 0 Å². The Morgan fingerprint density at radius 1 is 1.25 bits per heavy atom. The minimum atomic E-state index is -1.07. The van der Waals surface area contributed by atoms with Crippen LogP contribution >= 0.6 is 11.3 Å². The highest BCUT2D eigenvalue weighted by Gasteiger charge is 2.24. The van der Waals surface area contributed by atoms with Gasteiger partial charge in [0.15, 0.2) is 0 Å². The summed E-state index contributed by atoms with van der Waals surface area (Å²) in [5, 5.41) is 17.6. The van der Waals surface area contributed by atoms with E-state index in [0.29, 0.717) is 13.1 Å². The van der Waals surface area contributed by atoms with Gasteiger partial charge in [-0.05, 0) is 37.3 Å². The number of thiophene rings is 1. The Kier molecular flexibility index (Phi) is 6.57. The van der Waals surface area contributed by atoms with Crippen molar-refractivity contribution in [2.24, 2.45) is 0 Å². The highest BCUT2D eigenvalue weighted by atomic mass is 32.1. The lowest BCUT2D eigenvalue weighted by molar-refractivity contribution is 0.0631. The van der Waals surface area contributed by atoms with Crippen LogP contribution in [0.5, 0.6) is 0 Å². The fourth-order valence-electron chi connectivity index (χ4n) is 2.24. The van der Waals surface area contributed by atoms with Crippen molar-refractivity contribution in [2.75, 3.05) is 13.1 Å². The summed E-state index contributed by atoms with van der Waals surface area (Å²) in [6.07, 6.45) is 3.34. The summed E-state index contributed by atoms with van der Waals surface area (Å²) in [6, 6.07) is 8.49. The molecule has 0 bridgehead atoms. The molecule has 24 heavy (non-hydrogen) atoms. The zero-order valence-corrected chi connectivity index (χ0v) is 14.5. The summed E-state index contributed by atoms with van der Waals surface area (Å²) in [6.45, 7) is 2.99. The Bertz CT molecular complexity index is 695. The molecule has 0 saturated heterocycles. The zero-order valence-electron chi connectivity index (χ0n) is 13.7. The Hall–Kier alpha value is -2.12. The van der Waals surface area contributed by atoms with Crippen LogP contribution in [0.3, 0.4) is 0 Å². The second-order valence-electron chi connectivity index (χ2n) is 5.80. The lowest BCUT2D eigenvalue weighted by atomic mass is 10.1. The SMILES string of the molecule is CC(O)(CNC(=O)NCCCCn1ccccc1=O)c1cccs1. The number of carbonyl (C=O) groups is 1. The number of pyridine rings is 1. The number of hydrogen-bond donors (Lipinski definition) is 3. The van der Waals surface area contributed by atoms with Crippen molar-refractivity contribution in [3.63, 3.8) is 0 Å². The highest BCUT2D eigenvalue weighted by molar-refractivity contribution is 7.10. The molecule has 0 aliphatic heterocycles. The molecule has 0 spiro atoms. The molecule has 0 aliphatic carbocycles. The van der Waals surface area contributed by atoms with Gasteiger partial charge in [-0.2, -0.15) is 0 Å². The first-order valence-corrected chi connectivity index (χ1v) is 8.80. The van der Waals surface area contributed by atoms with Gasteiger partial charge in [0.05, 0.1) is 6.54 Å². The van der Waals surface area contributed by atoms with Crippen LogP contribution in [0, 0.1) is 0 Å². The molecule has 7 heteroatoms. The molecule has 0 aliphatic rings. The Morgan fingerprint density at radius 2 is 2.08 bits per heavy atom. The highest BCUT2D eigenvalue weighted by Crippen LogP contribution is 2.24. The summed E-state index contributed by atoms with van der Waals surface area (Å²) >= 11 is 1.46. The summed E-state index contributed by atoms with van der Waals surface area (Å²) in [5.41, 5.74) is -1.08. The lowest BCUT2D eigenvalue weighted by Gasteiger charge is -2.22. The average molecular weight is 349 g/mol. The summed E-state index contributed by atoms with van der Waals surface area (Å²) in [4.78, 5) is 24.1. The normalized spacial score (nSPS) is 13.2. The van der Waals surface area contributed by atoms with Crippen LogP contribution in [-0.2, 0) is 12.1 Å². The molecular weight excluding hydrogens is 326 g/mol. The molecule has 3 N–H and O–H groups in total. The van der Waals surface area contributed by atoms with E-state index >= 15 is 0 Å². The summed E-state index contributed by atoms with van der Waals surface area (Å²) in [5.74, 6) is 0. The van der Waals surface area contributed by atoms with Crippen molar-refractivity contribution in [3.05, 3.63) is 57.1 Å². The molecule has 0 saturated carbocycles. The first-order valence-electron chi connectivity index (χ1n) is 7.92. The van der Waals surface area contributed by atoms with Crippen LogP contribution in [-0.4, -0.2) is 28.8 Å². The van der Waals surface area contributed by atoms with Gasteiger partial charge in [0, 0.05) is 30.2 Å². The molecule has 2 heterocycles. The Labute approximate surface area is 145 Å². The van der Waals surface area contributed by atoms with E-state index in [2.05, 4.69) is 10.6 Å². The van der Waals surface area contributed by atoms with Gasteiger partial charge in [0.2, 0.25) is 5.56 Å². The second-order valence-corrected chi connectivity index (χ2v) is 6.75. The molecule has 0 aromatic carbocycles. The molecule has 1 atom stereocenters. The van der Waals surface area contributed by atoms with Gasteiger partial charge in [-0.3, -0.25) is 4.79 Å². The zero-order chi connectivity index (χ0) is 17.4. The molecule has 0 radical (unpaired) electrons. The van der Waals surface area contributed by atoms with Crippen LogP contribution in [0.1, 0.15) is 24.6 Å². The van der Waals surface area contributed by atoms with Gasteiger partial charge in [-0.15, -0.1) is 11.3 Å². The lowest BCUT2D eigenvalue weighted by Crippen LogP contribution is -2.43. The number of aliphatic hydroxyl groups is 1. The van der Waals surface area contributed by atoms with Gasteiger partial charge < -0.3 is 20.3 Å². The van der Waals surface area contributed by atoms with Gasteiger partial charge >= 0.3 is 6.03 Å². The Morgan fingerprint density at radius 3 is 2.79 bits per heavy atom. The number of urea groups is 1. The molecule has 2 rings (SSSR count). The molecular formula is C17H23N3O3S. The minimum absolute atomic E-state index is 0.0148. The van der Waals surface area contributed by atoms with Crippen LogP contribution in [0.4, 0.5) is 4.79 Å². The molecule has 0 fully saturated rings. The van der Waals surface area contributed by atoms with Crippen molar-refractivity contribution in [1.29, 1.82) is 0 Å². The van der Waals surface area contributed by atoms with E-state index in [1.54, 1.807) is 23.8 Å². The topological polar surface area (TPSA) is 83.4 Å². The van der Waals surface area contributed by atoms with Crippen molar-refractivity contribution >= 4 is 17.4 Å². The van der Waals surface area contributed by atoms with E-state index in [4.69, 9.17) is 0 Å². The summed E-state index contributed by atoms with van der Waals surface area (Å²) < 4.78 is 1.65. The van der Waals surface area contributed by atoms with E-state index in [9.17, 15) is 14.7 Å². The van der Waals surface area contributed by atoms with Gasteiger partial charge in [-0.25, -0.2) is 4.79 Å². The molecule has 130 valence electrons. The first-order chi connectivity index (χ1) is 11.5. The standard InChI is InChI=1S/C17H23N3O3S/c1-17(23,14-7-6-12-24-14)13-19-16(22)18-9-3-5-11-20-10-4-2-8-15(20)21/h2,4,6-8,10,12,23H,3,5,9,11,13H2,1H3,(H2,18,19,22). The number of aryl methyl sites for hydroxylation is 1. The van der Waals surface area contributed by atoms with Crippen molar-refractivity contribution in [1.82, 2.24) is 15.2 Å². The quantitative estimate of drug-likeness (QED) is 0.637. The third-order valence-electron chi connectivity index (χ3n) is 3.66. The van der Waals surface area contributed by atoms with Gasteiger partial charge in [-0.1, -0.05) is 12.1 Å². The third kappa shape index (κ3) is 5.50. The van der Waals surface area contributed by atoms with Crippen molar-refractivity contribution < 1.29 is 9.90 Å². The van der Waals surface area contributed by atoms with E-state index < -0.39 is 5.60 Å². The average Bonchev–Trinajstić information content (AvgIpc) is 3.10. The number of nitrogens with zero attached hydrogens (tertiary/aromatic N) is 1. The molecule has 6 nitrogen and oxygen atoms in total. The number of aromatic nitrogens is 1. The predicted octanol–water partition coefficient (Wildman–Crippen LogP) is 1.90. The van der Waals surface area contributed by atoms with E-state index in [1.165, 1.54) is 17.4 Å². The van der Waals surface area contributed by atoms with Crippen LogP contribution in [0.2, 0.25) is 0 Å². The predicted molar refractivity (Wildman–Crippen MR) is 95.2 cm³/mol. The van der Waals surface area contributed by atoms with Crippen LogP contribution in [0.15, 0.2) is 46.7 Å². The fourth-order valence-corrected chi connectivity index (χ4v) is 3.03. The van der Waals surface area contributed by atoms with Gasteiger partial charge in [0.1, 0.15) is 5.60 Å². The Balaban J connectivity index is 1.62. The molecule has 1 unspecified atom stereocenters. The number of rotatable bonds is 8. The monoisotopic (exact) mass is 349 g/mol.